The van der Waals surface area contributed by atoms with Gasteiger partial charge < -0.3 is 16.0 Å². The number of nitrogens with zero attached hydrogens (tertiary/aromatic N) is 1. The van der Waals surface area contributed by atoms with Gasteiger partial charge in [0, 0.05) is 23.2 Å². The number of nitrogens with one attached hydrogen (secondary N) is 1. The molecular formula is C18H21N3OS2. The van der Waals surface area contributed by atoms with Crippen molar-refractivity contribution in [1.29, 1.82) is 0 Å². The standard InChI is InChI=1S/C18H21N3OS2/c19-13-1-3-14(4-2-13)23-17-6-5-16(24-17)18(22)20-15-11-21-9-7-12(15)8-10-21/h1-6,12,15H,7-11,19H2,(H,20,22). The van der Waals surface area contributed by atoms with Crippen LogP contribution in [0.2, 0.25) is 0 Å². The van der Waals surface area contributed by atoms with Crippen LogP contribution in [0, 0.1) is 5.92 Å². The number of hydrogen-bond donors (Lipinski definition) is 2. The number of carbonyl (C=O) groups excluding carboxylic acids is 1. The van der Waals surface area contributed by atoms with E-state index in [1.54, 1.807) is 23.1 Å². The first-order chi connectivity index (χ1) is 11.7. The average molecular weight is 360 g/mol. The molecule has 0 radical (unpaired) electrons. The summed E-state index contributed by atoms with van der Waals surface area (Å²) in [6.07, 6.45) is 2.43. The van der Waals surface area contributed by atoms with E-state index in [-0.39, 0.29) is 5.91 Å². The monoisotopic (exact) mass is 359 g/mol. The first-order valence-electron chi connectivity index (χ1n) is 8.34. The third kappa shape index (κ3) is 3.45. The molecule has 3 aliphatic heterocycles. The molecule has 0 saturated carbocycles. The van der Waals surface area contributed by atoms with Crippen molar-refractivity contribution in [3.05, 3.63) is 41.3 Å². The van der Waals surface area contributed by atoms with Crippen LogP contribution < -0.4 is 11.1 Å². The summed E-state index contributed by atoms with van der Waals surface area (Å²) in [5, 5.41) is 3.26. The van der Waals surface area contributed by atoms with Crippen molar-refractivity contribution in [2.45, 2.75) is 28.0 Å². The van der Waals surface area contributed by atoms with E-state index in [0.29, 0.717) is 12.0 Å². The summed E-state index contributed by atoms with van der Waals surface area (Å²) >= 11 is 3.22. The van der Waals surface area contributed by atoms with E-state index >= 15 is 0 Å². The Morgan fingerprint density at radius 3 is 2.58 bits per heavy atom. The summed E-state index contributed by atoms with van der Waals surface area (Å²) in [6.45, 7) is 3.39. The Balaban J connectivity index is 1.39. The van der Waals surface area contributed by atoms with Crippen molar-refractivity contribution in [3.63, 3.8) is 0 Å². The van der Waals surface area contributed by atoms with Crippen molar-refractivity contribution in [2.75, 3.05) is 25.4 Å². The third-order valence-corrected chi connectivity index (χ3v) is 7.10. The summed E-state index contributed by atoms with van der Waals surface area (Å²) in [6, 6.07) is 12.1. The van der Waals surface area contributed by atoms with Gasteiger partial charge in [-0.1, -0.05) is 11.8 Å². The van der Waals surface area contributed by atoms with Crippen molar-refractivity contribution >= 4 is 34.7 Å². The molecule has 0 spiro atoms. The highest BCUT2D eigenvalue weighted by atomic mass is 32.2. The number of fused-ring (bicyclic) bond motifs is 3. The molecule has 5 rings (SSSR count). The Bertz CT molecular complexity index is 720. The molecule has 1 aromatic heterocycles. The number of thiophene rings is 1. The highest BCUT2D eigenvalue weighted by Gasteiger charge is 2.35. The molecule has 126 valence electrons. The van der Waals surface area contributed by atoms with Crippen LogP contribution >= 0.6 is 23.1 Å². The van der Waals surface area contributed by atoms with Crippen LogP contribution in [0.4, 0.5) is 5.69 Å². The number of anilines is 1. The zero-order chi connectivity index (χ0) is 16.5. The lowest BCUT2D eigenvalue weighted by molar-refractivity contribution is 0.0622. The molecule has 4 heterocycles. The second kappa shape index (κ2) is 6.78. The topological polar surface area (TPSA) is 58.4 Å². The fraction of sp³-hybridized carbons (Fsp3) is 0.389. The van der Waals surface area contributed by atoms with Gasteiger partial charge in [-0.25, -0.2) is 0 Å². The Morgan fingerprint density at radius 1 is 1.17 bits per heavy atom. The van der Waals surface area contributed by atoms with Crippen molar-refractivity contribution < 1.29 is 4.79 Å². The number of hydrogen-bond acceptors (Lipinski definition) is 5. The molecule has 0 aliphatic carbocycles. The van der Waals surface area contributed by atoms with Crippen LogP contribution in [0.15, 0.2) is 45.5 Å². The largest absolute Gasteiger partial charge is 0.399 e. The Labute approximate surface area is 150 Å². The number of carbonyl (C=O) groups is 1. The maximum atomic E-state index is 12.6. The van der Waals surface area contributed by atoms with E-state index in [1.165, 1.54) is 25.9 Å². The molecule has 1 atom stereocenters. The molecule has 6 heteroatoms. The minimum atomic E-state index is 0.0721. The molecule has 2 bridgehead atoms. The molecule has 3 saturated heterocycles. The van der Waals surface area contributed by atoms with Crippen molar-refractivity contribution in [2.24, 2.45) is 5.92 Å². The average Bonchev–Trinajstić information content (AvgIpc) is 3.07. The molecule has 1 aromatic carbocycles. The Morgan fingerprint density at radius 2 is 1.92 bits per heavy atom. The first-order valence-corrected chi connectivity index (χ1v) is 9.97. The van der Waals surface area contributed by atoms with Crippen LogP contribution in [0.5, 0.6) is 0 Å². The molecular weight excluding hydrogens is 338 g/mol. The molecule has 2 aromatic rings. The summed E-state index contributed by atoms with van der Waals surface area (Å²) in [7, 11) is 0. The Hall–Kier alpha value is -1.50. The van der Waals surface area contributed by atoms with Gasteiger partial charge in [-0.15, -0.1) is 11.3 Å². The zero-order valence-corrected chi connectivity index (χ0v) is 15.0. The molecule has 1 unspecified atom stereocenters. The lowest BCUT2D eigenvalue weighted by atomic mass is 9.84. The van der Waals surface area contributed by atoms with Gasteiger partial charge in [-0.05, 0) is 68.2 Å². The van der Waals surface area contributed by atoms with E-state index < -0.39 is 0 Å². The van der Waals surface area contributed by atoms with E-state index in [4.69, 9.17) is 5.73 Å². The summed E-state index contributed by atoms with van der Waals surface area (Å²) in [5.74, 6) is 0.727. The summed E-state index contributed by atoms with van der Waals surface area (Å²) < 4.78 is 1.12. The van der Waals surface area contributed by atoms with Gasteiger partial charge in [0.1, 0.15) is 0 Å². The van der Waals surface area contributed by atoms with E-state index in [1.807, 2.05) is 36.4 Å². The molecule has 4 nitrogen and oxygen atoms in total. The number of nitrogen functional groups attached to an aromatic ring is 1. The summed E-state index contributed by atoms with van der Waals surface area (Å²) in [5.41, 5.74) is 6.48. The summed E-state index contributed by atoms with van der Waals surface area (Å²) in [4.78, 5) is 16.9. The number of piperidine rings is 3. The maximum Gasteiger partial charge on any atom is 0.261 e. The van der Waals surface area contributed by atoms with Gasteiger partial charge in [0.25, 0.3) is 5.91 Å². The predicted molar refractivity (Wildman–Crippen MR) is 99.7 cm³/mol. The lowest BCUT2D eigenvalue weighted by Crippen LogP contribution is -2.57. The smallest absolute Gasteiger partial charge is 0.261 e. The minimum Gasteiger partial charge on any atom is -0.399 e. The number of nitrogens with two attached hydrogens (primary N) is 1. The first kappa shape index (κ1) is 16.0. The fourth-order valence-electron chi connectivity index (χ4n) is 3.52. The quantitative estimate of drug-likeness (QED) is 0.823. The van der Waals surface area contributed by atoms with E-state index in [0.717, 1.165) is 26.2 Å². The van der Waals surface area contributed by atoms with Crippen molar-refractivity contribution in [1.82, 2.24) is 10.2 Å². The van der Waals surface area contributed by atoms with Crippen molar-refractivity contribution in [3.8, 4) is 0 Å². The van der Waals surface area contributed by atoms with E-state index in [9.17, 15) is 4.79 Å². The second-order valence-electron chi connectivity index (χ2n) is 6.51. The highest BCUT2D eigenvalue weighted by Crippen LogP contribution is 2.34. The second-order valence-corrected chi connectivity index (χ2v) is 8.97. The SMILES string of the molecule is Nc1ccc(Sc2ccc(C(=O)NC3CN4CCC3CC4)s2)cc1. The highest BCUT2D eigenvalue weighted by molar-refractivity contribution is 8.01. The number of benzene rings is 1. The lowest BCUT2D eigenvalue weighted by Gasteiger charge is -2.44. The number of amides is 1. The zero-order valence-electron chi connectivity index (χ0n) is 13.4. The number of rotatable bonds is 4. The molecule has 3 N–H and O–H groups in total. The minimum absolute atomic E-state index is 0.0721. The van der Waals surface area contributed by atoms with Gasteiger partial charge in [0.05, 0.1) is 9.09 Å². The van der Waals surface area contributed by atoms with E-state index in [2.05, 4.69) is 10.2 Å². The van der Waals surface area contributed by atoms with Gasteiger partial charge in [0.15, 0.2) is 0 Å². The molecule has 3 fully saturated rings. The molecule has 24 heavy (non-hydrogen) atoms. The van der Waals surface area contributed by atoms with Gasteiger partial charge in [-0.3, -0.25) is 4.79 Å². The van der Waals surface area contributed by atoms with Gasteiger partial charge in [-0.2, -0.15) is 0 Å². The normalized spacial score (nSPS) is 25.6. The maximum absolute atomic E-state index is 12.6. The van der Waals surface area contributed by atoms with Crippen LogP contribution in [0.25, 0.3) is 0 Å². The van der Waals surface area contributed by atoms with Gasteiger partial charge >= 0.3 is 0 Å². The third-order valence-electron chi connectivity index (χ3n) is 4.88. The van der Waals surface area contributed by atoms with Crippen LogP contribution in [0.1, 0.15) is 22.5 Å². The molecule has 3 aliphatic rings. The fourth-order valence-corrected chi connectivity index (χ4v) is 5.52. The van der Waals surface area contributed by atoms with Crippen LogP contribution in [-0.4, -0.2) is 36.5 Å². The molecule has 1 amide bonds. The van der Waals surface area contributed by atoms with Crippen LogP contribution in [-0.2, 0) is 0 Å². The predicted octanol–water partition coefficient (Wildman–Crippen LogP) is 3.31. The Kier molecular flexibility index (Phi) is 4.52. The van der Waals surface area contributed by atoms with Crippen LogP contribution in [0.3, 0.4) is 0 Å². The van der Waals surface area contributed by atoms with Gasteiger partial charge in [0.2, 0.25) is 0 Å².